The lowest BCUT2D eigenvalue weighted by Gasteiger charge is -2.13. The highest BCUT2D eigenvalue weighted by Gasteiger charge is 2.18. The van der Waals surface area contributed by atoms with E-state index in [4.69, 9.17) is 10.5 Å². The summed E-state index contributed by atoms with van der Waals surface area (Å²) in [5.41, 5.74) is 7.76. The van der Waals surface area contributed by atoms with Crippen LogP contribution in [0.4, 0.5) is 0 Å². The van der Waals surface area contributed by atoms with Crippen molar-refractivity contribution in [1.82, 2.24) is 0 Å². The first-order chi connectivity index (χ1) is 8.21. The van der Waals surface area contributed by atoms with Crippen LogP contribution in [-0.4, -0.2) is 13.1 Å². The Kier molecular flexibility index (Phi) is 5.43. The molecule has 0 fully saturated rings. The van der Waals surface area contributed by atoms with Crippen LogP contribution >= 0.6 is 0 Å². The first kappa shape index (κ1) is 13.5. The average Bonchev–Trinajstić information content (AvgIpc) is 2.37. The van der Waals surface area contributed by atoms with E-state index in [2.05, 4.69) is 6.58 Å². The quantitative estimate of drug-likeness (QED) is 0.604. The number of rotatable bonds is 6. The minimum atomic E-state index is -0.192. The molecule has 0 heterocycles. The van der Waals surface area contributed by atoms with Gasteiger partial charge in [0.1, 0.15) is 0 Å². The van der Waals surface area contributed by atoms with Gasteiger partial charge in [0.25, 0.3) is 0 Å². The van der Waals surface area contributed by atoms with E-state index in [0.29, 0.717) is 19.4 Å². The summed E-state index contributed by atoms with van der Waals surface area (Å²) in [6.07, 6.45) is 3.03. The highest BCUT2D eigenvalue weighted by molar-refractivity contribution is 5.72. The Morgan fingerprint density at radius 1 is 1.53 bits per heavy atom. The Hall–Kier alpha value is -1.61. The molecule has 17 heavy (non-hydrogen) atoms. The summed E-state index contributed by atoms with van der Waals surface area (Å²) >= 11 is 0. The topological polar surface area (TPSA) is 52.3 Å². The van der Waals surface area contributed by atoms with Crippen LogP contribution in [0, 0.1) is 5.92 Å². The van der Waals surface area contributed by atoms with Crippen LogP contribution in [0.1, 0.15) is 17.5 Å². The summed E-state index contributed by atoms with van der Waals surface area (Å²) in [4.78, 5) is 11.6. The monoisotopic (exact) mass is 233 g/mol. The third kappa shape index (κ3) is 4.04. The summed E-state index contributed by atoms with van der Waals surface area (Å²) in [6, 6.07) is 7.96. The van der Waals surface area contributed by atoms with Gasteiger partial charge >= 0.3 is 5.97 Å². The first-order valence-electron chi connectivity index (χ1n) is 5.67. The number of ether oxygens (including phenoxy) is 1. The molecule has 3 heteroatoms. The number of methoxy groups -OCH3 is 1. The van der Waals surface area contributed by atoms with Crippen LogP contribution in [0.15, 0.2) is 36.9 Å². The predicted octanol–water partition coefficient (Wildman–Crippen LogP) is 2.05. The molecule has 0 saturated heterocycles. The van der Waals surface area contributed by atoms with Gasteiger partial charge in [-0.15, -0.1) is 6.58 Å². The van der Waals surface area contributed by atoms with Crippen molar-refractivity contribution in [2.45, 2.75) is 19.4 Å². The fraction of sp³-hybridized carbons (Fsp3) is 0.357. The standard InChI is InChI=1S/C14H19NO2/c1-3-5-13(14(16)17-2)9-11-6-4-7-12(8-11)10-15/h3-4,6-8,13H,1,5,9-10,15H2,2H3. The third-order valence-electron chi connectivity index (χ3n) is 2.69. The summed E-state index contributed by atoms with van der Waals surface area (Å²) in [5.74, 6) is -0.353. The molecule has 0 aliphatic carbocycles. The molecule has 1 unspecified atom stereocenters. The smallest absolute Gasteiger partial charge is 0.309 e. The normalized spacial score (nSPS) is 11.9. The Balaban J connectivity index is 2.77. The van der Waals surface area contributed by atoms with Crippen molar-refractivity contribution < 1.29 is 9.53 Å². The van der Waals surface area contributed by atoms with Crippen molar-refractivity contribution in [3.05, 3.63) is 48.0 Å². The summed E-state index contributed by atoms with van der Waals surface area (Å²) in [6.45, 7) is 4.18. The highest BCUT2D eigenvalue weighted by atomic mass is 16.5. The van der Waals surface area contributed by atoms with E-state index in [-0.39, 0.29) is 11.9 Å². The lowest BCUT2D eigenvalue weighted by Crippen LogP contribution is -2.18. The molecule has 1 aromatic carbocycles. The van der Waals surface area contributed by atoms with Gasteiger partial charge in [-0.1, -0.05) is 30.3 Å². The van der Waals surface area contributed by atoms with Gasteiger partial charge < -0.3 is 10.5 Å². The number of hydrogen-bond donors (Lipinski definition) is 1. The maximum absolute atomic E-state index is 11.6. The SMILES string of the molecule is C=CCC(Cc1cccc(CN)c1)C(=O)OC. The second-order valence-corrected chi connectivity index (χ2v) is 3.97. The number of esters is 1. The number of benzene rings is 1. The van der Waals surface area contributed by atoms with Gasteiger partial charge in [0.2, 0.25) is 0 Å². The van der Waals surface area contributed by atoms with Crippen LogP contribution in [0.5, 0.6) is 0 Å². The molecule has 1 aromatic rings. The average molecular weight is 233 g/mol. The second-order valence-electron chi connectivity index (χ2n) is 3.97. The zero-order valence-corrected chi connectivity index (χ0v) is 10.2. The third-order valence-corrected chi connectivity index (χ3v) is 2.69. The summed E-state index contributed by atoms with van der Waals surface area (Å²) < 4.78 is 4.78. The van der Waals surface area contributed by atoms with Gasteiger partial charge in [-0.25, -0.2) is 0 Å². The maximum atomic E-state index is 11.6. The molecule has 0 bridgehead atoms. The molecule has 0 aliphatic rings. The fourth-order valence-corrected chi connectivity index (χ4v) is 1.80. The van der Waals surface area contributed by atoms with E-state index in [1.54, 1.807) is 6.08 Å². The number of carbonyl (C=O) groups is 1. The molecule has 1 rings (SSSR count). The summed E-state index contributed by atoms with van der Waals surface area (Å²) in [5, 5.41) is 0. The van der Waals surface area contributed by atoms with E-state index in [9.17, 15) is 4.79 Å². The lowest BCUT2D eigenvalue weighted by atomic mass is 9.95. The molecule has 0 aliphatic heterocycles. The molecule has 1 atom stereocenters. The molecule has 0 amide bonds. The minimum absolute atomic E-state index is 0.162. The van der Waals surface area contributed by atoms with Crippen molar-refractivity contribution in [1.29, 1.82) is 0 Å². The maximum Gasteiger partial charge on any atom is 0.309 e. The predicted molar refractivity (Wildman–Crippen MR) is 68.4 cm³/mol. The number of carbonyl (C=O) groups excluding carboxylic acids is 1. The van der Waals surface area contributed by atoms with E-state index < -0.39 is 0 Å². The minimum Gasteiger partial charge on any atom is -0.469 e. The van der Waals surface area contributed by atoms with Crippen LogP contribution in [0.2, 0.25) is 0 Å². The zero-order chi connectivity index (χ0) is 12.7. The van der Waals surface area contributed by atoms with Crippen LogP contribution in [0.3, 0.4) is 0 Å². The number of nitrogens with two attached hydrogens (primary N) is 1. The largest absolute Gasteiger partial charge is 0.469 e. The van der Waals surface area contributed by atoms with Crippen LogP contribution < -0.4 is 5.73 Å². The van der Waals surface area contributed by atoms with Crippen molar-refractivity contribution in [3.8, 4) is 0 Å². The molecule has 2 N–H and O–H groups in total. The molecule has 0 aromatic heterocycles. The van der Waals surface area contributed by atoms with Gasteiger partial charge in [0, 0.05) is 6.54 Å². The Labute approximate surface area is 102 Å². The van der Waals surface area contributed by atoms with Gasteiger partial charge in [-0.3, -0.25) is 4.79 Å². The highest BCUT2D eigenvalue weighted by Crippen LogP contribution is 2.15. The van der Waals surface area contributed by atoms with E-state index in [0.717, 1.165) is 11.1 Å². The van der Waals surface area contributed by atoms with Crippen molar-refractivity contribution in [2.75, 3.05) is 7.11 Å². The second kappa shape index (κ2) is 6.86. The Morgan fingerprint density at radius 2 is 2.24 bits per heavy atom. The van der Waals surface area contributed by atoms with Gasteiger partial charge in [-0.2, -0.15) is 0 Å². The number of allylic oxidation sites excluding steroid dienone is 1. The van der Waals surface area contributed by atoms with Crippen LogP contribution in [-0.2, 0) is 22.5 Å². The lowest BCUT2D eigenvalue weighted by molar-refractivity contribution is -0.145. The first-order valence-corrected chi connectivity index (χ1v) is 5.67. The number of hydrogen-bond acceptors (Lipinski definition) is 3. The molecule has 92 valence electrons. The van der Waals surface area contributed by atoms with E-state index >= 15 is 0 Å². The molecular formula is C14H19NO2. The molecule has 0 radical (unpaired) electrons. The molecule has 0 saturated carbocycles. The Bertz CT molecular complexity index is 388. The van der Waals surface area contributed by atoms with Crippen molar-refractivity contribution in [3.63, 3.8) is 0 Å². The van der Waals surface area contributed by atoms with Crippen LogP contribution in [0.25, 0.3) is 0 Å². The molecular weight excluding hydrogens is 214 g/mol. The van der Waals surface area contributed by atoms with Crippen molar-refractivity contribution >= 4 is 5.97 Å². The van der Waals surface area contributed by atoms with E-state index in [1.807, 2.05) is 24.3 Å². The van der Waals surface area contributed by atoms with Crippen molar-refractivity contribution in [2.24, 2.45) is 11.7 Å². The summed E-state index contributed by atoms with van der Waals surface area (Å²) in [7, 11) is 1.41. The Morgan fingerprint density at radius 3 is 2.82 bits per heavy atom. The van der Waals surface area contributed by atoms with E-state index in [1.165, 1.54) is 7.11 Å². The van der Waals surface area contributed by atoms with Gasteiger partial charge in [-0.05, 0) is 24.0 Å². The van der Waals surface area contributed by atoms with Gasteiger partial charge in [0.15, 0.2) is 0 Å². The molecule has 0 spiro atoms. The zero-order valence-electron chi connectivity index (χ0n) is 10.2. The van der Waals surface area contributed by atoms with Gasteiger partial charge in [0.05, 0.1) is 13.0 Å². The fourth-order valence-electron chi connectivity index (χ4n) is 1.80. The molecule has 3 nitrogen and oxygen atoms in total.